The minimum atomic E-state index is 0.0420. The molecular weight excluding hydrogens is 388 g/mol. The number of hydrogen-bond acceptors (Lipinski definition) is 3. The van der Waals surface area contributed by atoms with E-state index in [1.807, 2.05) is 55.1 Å². The molecule has 0 N–H and O–H groups in total. The van der Waals surface area contributed by atoms with Crippen LogP contribution in [-0.2, 0) is 17.9 Å². The van der Waals surface area contributed by atoms with Gasteiger partial charge in [0.25, 0.3) is 5.91 Å². The van der Waals surface area contributed by atoms with Crippen molar-refractivity contribution in [3.05, 3.63) is 65.9 Å². The summed E-state index contributed by atoms with van der Waals surface area (Å²) in [5.41, 5.74) is 2.88. The van der Waals surface area contributed by atoms with Crippen molar-refractivity contribution < 1.29 is 14.3 Å². The molecule has 31 heavy (non-hydrogen) atoms. The SMILES string of the molecule is CC(C)Cn1c(C(=O)N2CC(C)OC(C)C2)cc2c(OCc3ccccc3)cccc21. The van der Waals surface area contributed by atoms with E-state index in [1.165, 1.54) is 0 Å². The second-order valence-electron chi connectivity index (χ2n) is 8.96. The van der Waals surface area contributed by atoms with E-state index in [1.54, 1.807) is 0 Å². The van der Waals surface area contributed by atoms with E-state index < -0.39 is 0 Å². The van der Waals surface area contributed by atoms with E-state index in [9.17, 15) is 4.79 Å². The predicted octanol–water partition coefficient (Wildman–Crippen LogP) is 5.13. The third kappa shape index (κ3) is 4.77. The Labute approximate surface area is 184 Å². The van der Waals surface area contributed by atoms with Crippen molar-refractivity contribution in [3.63, 3.8) is 0 Å². The number of morpholine rings is 1. The van der Waals surface area contributed by atoms with Gasteiger partial charge in [0.15, 0.2) is 0 Å². The van der Waals surface area contributed by atoms with Crippen molar-refractivity contribution >= 4 is 16.8 Å². The summed E-state index contributed by atoms with van der Waals surface area (Å²) in [6.07, 6.45) is 0.0841. The van der Waals surface area contributed by atoms with Gasteiger partial charge in [-0.1, -0.05) is 50.2 Å². The molecule has 1 aliphatic heterocycles. The number of nitrogens with zero attached hydrogens (tertiary/aromatic N) is 2. The molecule has 2 aromatic carbocycles. The lowest BCUT2D eigenvalue weighted by Gasteiger charge is -2.35. The number of carbonyl (C=O) groups is 1. The number of rotatable bonds is 6. The van der Waals surface area contributed by atoms with Crippen LogP contribution in [0.5, 0.6) is 5.75 Å². The van der Waals surface area contributed by atoms with Crippen molar-refractivity contribution in [2.24, 2.45) is 5.92 Å². The molecule has 164 valence electrons. The van der Waals surface area contributed by atoms with Crippen LogP contribution in [-0.4, -0.2) is 40.7 Å². The number of amides is 1. The van der Waals surface area contributed by atoms with Gasteiger partial charge in [0.2, 0.25) is 0 Å². The topological polar surface area (TPSA) is 43.7 Å². The summed E-state index contributed by atoms with van der Waals surface area (Å²) in [6, 6.07) is 18.2. The summed E-state index contributed by atoms with van der Waals surface area (Å²) in [5, 5.41) is 0.983. The minimum absolute atomic E-state index is 0.0420. The van der Waals surface area contributed by atoms with Gasteiger partial charge in [-0.05, 0) is 43.5 Å². The zero-order chi connectivity index (χ0) is 22.0. The maximum absolute atomic E-state index is 13.6. The monoisotopic (exact) mass is 420 g/mol. The largest absolute Gasteiger partial charge is 0.488 e. The standard InChI is InChI=1S/C26H32N2O3/c1-18(2)14-28-23-11-8-12-25(30-17-21-9-6-5-7-10-21)22(23)13-24(28)26(29)27-15-19(3)31-20(4)16-27/h5-13,18-20H,14-17H2,1-4H3. The highest BCUT2D eigenvalue weighted by Gasteiger charge is 2.29. The maximum atomic E-state index is 13.6. The molecule has 3 aromatic rings. The third-order valence-corrected chi connectivity index (χ3v) is 5.62. The maximum Gasteiger partial charge on any atom is 0.270 e. The van der Waals surface area contributed by atoms with Crippen molar-refractivity contribution in [1.29, 1.82) is 0 Å². The van der Waals surface area contributed by atoms with Crippen molar-refractivity contribution in [3.8, 4) is 5.75 Å². The van der Waals surface area contributed by atoms with Gasteiger partial charge in [-0.25, -0.2) is 0 Å². The molecule has 5 heteroatoms. The Morgan fingerprint density at radius 1 is 1.06 bits per heavy atom. The van der Waals surface area contributed by atoms with Crippen molar-refractivity contribution in [1.82, 2.24) is 9.47 Å². The van der Waals surface area contributed by atoms with Gasteiger partial charge in [-0.15, -0.1) is 0 Å². The molecular formula is C26H32N2O3. The average Bonchev–Trinajstić information content (AvgIpc) is 3.10. The molecule has 1 fully saturated rings. The van der Waals surface area contributed by atoms with E-state index >= 15 is 0 Å². The first kappa shape index (κ1) is 21.4. The van der Waals surface area contributed by atoms with E-state index in [0.29, 0.717) is 25.6 Å². The Kier molecular flexibility index (Phi) is 6.33. The molecule has 1 saturated heterocycles. The first-order valence-electron chi connectivity index (χ1n) is 11.2. The van der Waals surface area contributed by atoms with Crippen LogP contribution in [0, 0.1) is 5.92 Å². The quantitative estimate of drug-likeness (QED) is 0.556. The predicted molar refractivity (Wildman–Crippen MR) is 123 cm³/mol. The van der Waals surface area contributed by atoms with Gasteiger partial charge in [0.1, 0.15) is 18.1 Å². The lowest BCUT2D eigenvalue weighted by Crippen LogP contribution is -2.48. The highest BCUT2D eigenvalue weighted by atomic mass is 16.5. The number of hydrogen-bond donors (Lipinski definition) is 0. The number of benzene rings is 2. The average molecular weight is 421 g/mol. The van der Waals surface area contributed by atoms with Gasteiger partial charge in [-0.2, -0.15) is 0 Å². The normalized spacial score (nSPS) is 19.2. The van der Waals surface area contributed by atoms with Crippen LogP contribution >= 0.6 is 0 Å². The third-order valence-electron chi connectivity index (χ3n) is 5.62. The zero-order valence-electron chi connectivity index (χ0n) is 18.9. The molecule has 0 radical (unpaired) electrons. The molecule has 1 amide bonds. The highest BCUT2D eigenvalue weighted by molar-refractivity contribution is 6.00. The molecule has 4 rings (SSSR count). The van der Waals surface area contributed by atoms with Crippen molar-refractivity contribution in [2.75, 3.05) is 13.1 Å². The smallest absolute Gasteiger partial charge is 0.270 e. The first-order valence-corrected chi connectivity index (χ1v) is 11.2. The Morgan fingerprint density at radius 3 is 2.45 bits per heavy atom. The fourth-order valence-corrected chi connectivity index (χ4v) is 4.36. The molecule has 0 aliphatic carbocycles. The molecule has 0 spiro atoms. The summed E-state index contributed by atoms with van der Waals surface area (Å²) in [6.45, 7) is 10.9. The van der Waals surface area contributed by atoms with Crippen LogP contribution in [0.25, 0.3) is 10.9 Å². The molecule has 1 aliphatic rings. The van der Waals surface area contributed by atoms with E-state index in [2.05, 4.69) is 36.6 Å². The lowest BCUT2D eigenvalue weighted by atomic mass is 10.2. The fraction of sp³-hybridized carbons (Fsp3) is 0.423. The van der Waals surface area contributed by atoms with Crippen molar-refractivity contribution in [2.45, 2.75) is 53.1 Å². The first-order chi connectivity index (χ1) is 14.9. The van der Waals surface area contributed by atoms with Gasteiger partial charge in [0, 0.05) is 25.0 Å². The molecule has 0 saturated carbocycles. The Morgan fingerprint density at radius 2 is 1.77 bits per heavy atom. The summed E-state index contributed by atoms with van der Waals surface area (Å²) < 4.78 is 14.2. The van der Waals surface area contributed by atoms with Gasteiger partial charge >= 0.3 is 0 Å². The summed E-state index contributed by atoms with van der Waals surface area (Å²) in [5.74, 6) is 1.29. The van der Waals surface area contributed by atoms with Crippen LogP contribution < -0.4 is 4.74 Å². The van der Waals surface area contributed by atoms with Crippen LogP contribution in [0.1, 0.15) is 43.7 Å². The number of ether oxygens (including phenoxy) is 2. The molecule has 0 bridgehead atoms. The number of carbonyl (C=O) groups excluding carboxylic acids is 1. The molecule has 1 aromatic heterocycles. The molecule has 2 heterocycles. The number of fused-ring (bicyclic) bond motifs is 1. The number of aromatic nitrogens is 1. The van der Waals surface area contributed by atoms with Gasteiger partial charge < -0.3 is 18.9 Å². The Balaban J connectivity index is 1.69. The summed E-state index contributed by atoms with van der Waals surface area (Å²) in [7, 11) is 0. The van der Waals surface area contributed by atoms with Gasteiger partial charge in [-0.3, -0.25) is 4.79 Å². The van der Waals surface area contributed by atoms with Crippen LogP contribution in [0.2, 0.25) is 0 Å². The van der Waals surface area contributed by atoms with E-state index in [-0.39, 0.29) is 18.1 Å². The second kappa shape index (κ2) is 9.15. The fourth-order valence-electron chi connectivity index (χ4n) is 4.36. The lowest BCUT2D eigenvalue weighted by molar-refractivity contribution is -0.0588. The van der Waals surface area contributed by atoms with Crippen LogP contribution in [0.15, 0.2) is 54.6 Å². The molecule has 2 unspecified atom stereocenters. The second-order valence-corrected chi connectivity index (χ2v) is 8.96. The van der Waals surface area contributed by atoms with E-state index in [4.69, 9.17) is 9.47 Å². The zero-order valence-corrected chi connectivity index (χ0v) is 18.9. The van der Waals surface area contributed by atoms with Gasteiger partial charge in [0.05, 0.1) is 17.7 Å². The minimum Gasteiger partial charge on any atom is -0.488 e. The van der Waals surface area contributed by atoms with Crippen LogP contribution in [0.4, 0.5) is 0 Å². The van der Waals surface area contributed by atoms with E-state index in [0.717, 1.165) is 34.5 Å². The summed E-state index contributed by atoms with van der Waals surface area (Å²) >= 11 is 0. The van der Waals surface area contributed by atoms with Crippen LogP contribution in [0.3, 0.4) is 0 Å². The summed E-state index contributed by atoms with van der Waals surface area (Å²) in [4.78, 5) is 15.5. The molecule has 5 nitrogen and oxygen atoms in total. The molecule has 2 atom stereocenters. The Bertz CT molecular complexity index is 1030. The Hall–Kier alpha value is -2.79. The highest BCUT2D eigenvalue weighted by Crippen LogP contribution is 2.31.